The molecule has 0 bridgehead atoms. The number of hydrogen-bond donors (Lipinski definition) is 1. The average Bonchev–Trinajstić information content (AvgIpc) is 2.75. The van der Waals surface area contributed by atoms with E-state index in [-0.39, 0.29) is 10.6 Å². The van der Waals surface area contributed by atoms with Crippen LogP contribution in [0.2, 0.25) is 0 Å². The standard InChI is InChI=1S/C22H20F2N2O4S/c1-2-30-21-6-4-3-5-20(21)25-22(27)15-26(18-11-7-16(23)8-12-18)31(28,29)19-13-9-17(24)10-14-19/h3-14H,2,15H2,1H3,(H,25,27). The third-order valence-corrected chi connectivity index (χ3v) is 6.05. The van der Waals surface area contributed by atoms with Crippen LogP contribution in [0.3, 0.4) is 0 Å². The van der Waals surface area contributed by atoms with Crippen molar-refractivity contribution in [2.45, 2.75) is 11.8 Å². The minimum absolute atomic E-state index is 0.0824. The largest absolute Gasteiger partial charge is 0.492 e. The Morgan fingerprint density at radius 2 is 1.52 bits per heavy atom. The molecule has 6 nitrogen and oxygen atoms in total. The third-order valence-electron chi connectivity index (χ3n) is 4.26. The summed E-state index contributed by atoms with van der Waals surface area (Å²) in [5.41, 5.74) is 0.464. The van der Waals surface area contributed by atoms with E-state index in [1.165, 1.54) is 12.1 Å². The summed E-state index contributed by atoms with van der Waals surface area (Å²) in [6, 6.07) is 15.6. The summed E-state index contributed by atoms with van der Waals surface area (Å²) < 4.78 is 59.3. The lowest BCUT2D eigenvalue weighted by Crippen LogP contribution is -2.38. The minimum Gasteiger partial charge on any atom is -0.492 e. The Balaban J connectivity index is 1.93. The van der Waals surface area contributed by atoms with E-state index in [0.717, 1.165) is 40.7 Å². The Morgan fingerprint density at radius 3 is 2.13 bits per heavy atom. The average molecular weight is 446 g/mol. The normalized spacial score (nSPS) is 11.1. The second-order valence-corrected chi connectivity index (χ2v) is 8.28. The van der Waals surface area contributed by atoms with Crippen molar-refractivity contribution in [3.8, 4) is 5.75 Å². The molecule has 1 N–H and O–H groups in total. The molecule has 0 unspecified atom stereocenters. The lowest BCUT2D eigenvalue weighted by molar-refractivity contribution is -0.114. The first-order valence-electron chi connectivity index (χ1n) is 9.37. The van der Waals surface area contributed by atoms with Gasteiger partial charge in [0.25, 0.3) is 10.0 Å². The van der Waals surface area contributed by atoms with Crippen molar-refractivity contribution >= 4 is 27.3 Å². The van der Waals surface area contributed by atoms with Crippen molar-refractivity contribution in [1.29, 1.82) is 0 Å². The van der Waals surface area contributed by atoms with Crippen molar-refractivity contribution < 1.29 is 26.7 Å². The topological polar surface area (TPSA) is 75.7 Å². The van der Waals surface area contributed by atoms with Gasteiger partial charge in [0, 0.05) is 0 Å². The molecule has 0 aromatic heterocycles. The molecule has 0 spiro atoms. The van der Waals surface area contributed by atoms with E-state index in [1.54, 1.807) is 31.2 Å². The van der Waals surface area contributed by atoms with Crippen molar-refractivity contribution in [3.63, 3.8) is 0 Å². The summed E-state index contributed by atoms with van der Waals surface area (Å²) in [6.45, 7) is 1.59. The van der Waals surface area contributed by atoms with Gasteiger partial charge in [-0.1, -0.05) is 12.1 Å². The number of carbonyl (C=O) groups excluding carboxylic acids is 1. The first-order valence-corrected chi connectivity index (χ1v) is 10.8. The molecule has 0 aliphatic rings. The summed E-state index contributed by atoms with van der Waals surface area (Å²) in [6.07, 6.45) is 0. The number of anilines is 2. The fraction of sp³-hybridized carbons (Fsp3) is 0.136. The molecule has 1 amide bonds. The van der Waals surface area contributed by atoms with Crippen molar-refractivity contribution in [1.82, 2.24) is 0 Å². The zero-order valence-electron chi connectivity index (χ0n) is 16.6. The van der Waals surface area contributed by atoms with Crippen molar-refractivity contribution in [2.24, 2.45) is 0 Å². The molecule has 0 aliphatic heterocycles. The summed E-state index contributed by atoms with van der Waals surface area (Å²) in [5, 5.41) is 2.64. The van der Waals surface area contributed by atoms with Crippen LogP contribution in [0.1, 0.15) is 6.92 Å². The molecule has 3 rings (SSSR count). The van der Waals surface area contributed by atoms with Gasteiger partial charge in [-0.2, -0.15) is 0 Å². The Morgan fingerprint density at radius 1 is 0.935 bits per heavy atom. The van der Waals surface area contributed by atoms with Crippen LogP contribution in [-0.4, -0.2) is 27.5 Å². The highest BCUT2D eigenvalue weighted by Crippen LogP contribution is 2.26. The van der Waals surface area contributed by atoms with Crippen LogP contribution in [0.5, 0.6) is 5.75 Å². The lowest BCUT2D eigenvalue weighted by Gasteiger charge is -2.24. The predicted molar refractivity (Wildman–Crippen MR) is 114 cm³/mol. The molecule has 9 heteroatoms. The van der Waals surface area contributed by atoms with Crippen LogP contribution in [0.15, 0.2) is 77.7 Å². The van der Waals surface area contributed by atoms with Gasteiger partial charge in [-0.25, -0.2) is 17.2 Å². The second kappa shape index (κ2) is 9.57. The van der Waals surface area contributed by atoms with Crippen LogP contribution in [0.4, 0.5) is 20.2 Å². The summed E-state index contributed by atoms with van der Waals surface area (Å²) >= 11 is 0. The smallest absolute Gasteiger partial charge is 0.264 e. The molecule has 0 heterocycles. The number of rotatable bonds is 8. The number of sulfonamides is 1. The van der Waals surface area contributed by atoms with E-state index in [1.807, 2.05) is 0 Å². The van der Waals surface area contributed by atoms with Crippen LogP contribution in [-0.2, 0) is 14.8 Å². The van der Waals surface area contributed by atoms with Gasteiger partial charge in [0.15, 0.2) is 0 Å². The predicted octanol–water partition coefficient (Wildman–Crippen LogP) is 4.20. The van der Waals surface area contributed by atoms with E-state index in [2.05, 4.69) is 5.32 Å². The molecular formula is C22H20F2N2O4S. The highest BCUT2D eigenvalue weighted by Gasteiger charge is 2.27. The Kier molecular flexibility index (Phi) is 6.86. The fourth-order valence-electron chi connectivity index (χ4n) is 2.83. The van der Waals surface area contributed by atoms with Crippen molar-refractivity contribution in [2.75, 3.05) is 22.8 Å². The SMILES string of the molecule is CCOc1ccccc1NC(=O)CN(c1ccc(F)cc1)S(=O)(=O)c1ccc(F)cc1. The number of carbonyl (C=O) groups is 1. The first-order chi connectivity index (χ1) is 14.8. The van der Waals surface area contributed by atoms with Crippen LogP contribution < -0.4 is 14.4 Å². The van der Waals surface area contributed by atoms with Gasteiger partial charge in [0.1, 0.15) is 23.9 Å². The molecule has 31 heavy (non-hydrogen) atoms. The molecule has 162 valence electrons. The fourth-order valence-corrected chi connectivity index (χ4v) is 4.25. The van der Waals surface area contributed by atoms with E-state index >= 15 is 0 Å². The maximum absolute atomic E-state index is 13.4. The van der Waals surface area contributed by atoms with E-state index < -0.39 is 34.1 Å². The lowest BCUT2D eigenvalue weighted by atomic mass is 10.3. The maximum Gasteiger partial charge on any atom is 0.264 e. The monoisotopic (exact) mass is 446 g/mol. The van der Waals surface area contributed by atoms with Gasteiger partial charge in [0.2, 0.25) is 5.91 Å². The van der Waals surface area contributed by atoms with Gasteiger partial charge in [-0.15, -0.1) is 0 Å². The van der Waals surface area contributed by atoms with Gasteiger partial charge in [-0.3, -0.25) is 9.10 Å². The molecule has 3 aromatic carbocycles. The second-order valence-electron chi connectivity index (χ2n) is 6.42. The highest BCUT2D eigenvalue weighted by atomic mass is 32.2. The van der Waals surface area contributed by atoms with E-state index in [9.17, 15) is 22.0 Å². The number of nitrogens with one attached hydrogen (secondary N) is 1. The number of halogens is 2. The maximum atomic E-state index is 13.4. The van der Waals surface area contributed by atoms with Gasteiger partial charge in [0.05, 0.1) is 22.9 Å². The molecule has 3 aromatic rings. The molecule has 0 radical (unpaired) electrons. The molecule has 0 saturated carbocycles. The first kappa shape index (κ1) is 22.2. The van der Waals surface area contributed by atoms with Crippen LogP contribution in [0, 0.1) is 11.6 Å². The number of nitrogens with zero attached hydrogens (tertiary/aromatic N) is 1. The number of para-hydroxylation sites is 2. The summed E-state index contributed by atoms with van der Waals surface area (Å²) in [4.78, 5) is 12.5. The number of benzene rings is 3. The van der Waals surface area contributed by atoms with Gasteiger partial charge < -0.3 is 10.1 Å². The quantitative estimate of drug-likeness (QED) is 0.563. The molecule has 0 fully saturated rings. The van der Waals surface area contributed by atoms with E-state index in [0.29, 0.717) is 18.0 Å². The molecule has 0 saturated heterocycles. The summed E-state index contributed by atoms with van der Waals surface area (Å²) in [7, 11) is -4.24. The van der Waals surface area contributed by atoms with Gasteiger partial charge in [-0.05, 0) is 67.6 Å². The van der Waals surface area contributed by atoms with Crippen LogP contribution in [0.25, 0.3) is 0 Å². The number of ether oxygens (including phenoxy) is 1. The minimum atomic E-state index is -4.24. The molecule has 0 aliphatic carbocycles. The zero-order chi connectivity index (χ0) is 22.4. The summed E-state index contributed by atoms with van der Waals surface area (Å²) in [5.74, 6) is -1.36. The third kappa shape index (κ3) is 5.37. The van der Waals surface area contributed by atoms with Crippen molar-refractivity contribution in [3.05, 3.63) is 84.4 Å². The van der Waals surface area contributed by atoms with Gasteiger partial charge >= 0.3 is 0 Å². The Labute approximate surface area is 179 Å². The van der Waals surface area contributed by atoms with Crippen LogP contribution >= 0.6 is 0 Å². The number of amides is 1. The Bertz CT molecular complexity index is 1150. The molecular weight excluding hydrogens is 426 g/mol. The van der Waals surface area contributed by atoms with E-state index in [4.69, 9.17) is 4.74 Å². The zero-order valence-corrected chi connectivity index (χ0v) is 17.4. The highest BCUT2D eigenvalue weighted by molar-refractivity contribution is 7.92. The molecule has 0 atom stereocenters. The number of hydrogen-bond acceptors (Lipinski definition) is 4. The Hall–Kier alpha value is -3.46.